The molecule has 0 saturated heterocycles. The fourth-order valence-electron chi connectivity index (χ4n) is 4.04. The zero-order chi connectivity index (χ0) is 23.9. The molecule has 8 heteroatoms. The maximum Gasteiger partial charge on any atom is 0.249 e. The molecule has 4 aromatic heterocycles. The molecule has 7 rings (SSSR count). The van der Waals surface area contributed by atoms with Crippen LogP contribution < -0.4 is 0 Å². The minimum atomic E-state index is 0.415. The lowest BCUT2D eigenvalue weighted by Gasteiger charge is -2.00. The topological polar surface area (TPSA) is 104 Å². The Morgan fingerprint density at radius 2 is 0.806 bits per heavy atom. The second kappa shape index (κ2) is 8.21. The van der Waals surface area contributed by atoms with Crippen LogP contribution in [0.1, 0.15) is 0 Å². The molecule has 0 bridgehead atoms. The Labute approximate surface area is 204 Å². The summed E-state index contributed by atoms with van der Waals surface area (Å²) in [5.74, 6) is 1.66. The lowest BCUT2D eigenvalue weighted by Crippen LogP contribution is -1.82. The monoisotopic (exact) mass is 468 g/mol. The average molecular weight is 468 g/mol. The first-order chi connectivity index (χ1) is 17.8. The van der Waals surface area contributed by atoms with Gasteiger partial charge >= 0.3 is 0 Å². The van der Waals surface area contributed by atoms with Crippen molar-refractivity contribution in [2.24, 2.45) is 0 Å². The Kier molecular flexibility index (Phi) is 4.60. The lowest BCUT2D eigenvalue weighted by atomic mass is 10.1. The number of hydrogen-bond acceptors (Lipinski definition) is 8. The number of hydrogen-bond donors (Lipinski definition) is 0. The molecule has 3 aromatic carbocycles. The summed E-state index contributed by atoms with van der Waals surface area (Å²) < 4.78 is 11.9. The molecule has 0 radical (unpaired) electrons. The van der Waals surface area contributed by atoms with Crippen molar-refractivity contribution in [3.8, 4) is 45.8 Å². The third-order valence-corrected chi connectivity index (χ3v) is 5.90. The van der Waals surface area contributed by atoms with E-state index < -0.39 is 0 Å². The molecule has 0 saturated carbocycles. The predicted octanol–water partition coefficient (Wildman–Crippen LogP) is 6.22. The van der Waals surface area contributed by atoms with Gasteiger partial charge in [-0.25, -0.2) is 0 Å². The van der Waals surface area contributed by atoms with Crippen LogP contribution in [0.3, 0.4) is 0 Å². The molecular formula is C28H16N6O2. The van der Waals surface area contributed by atoms with Crippen molar-refractivity contribution < 1.29 is 8.83 Å². The van der Waals surface area contributed by atoms with Crippen molar-refractivity contribution in [1.82, 2.24) is 30.4 Å². The van der Waals surface area contributed by atoms with Crippen molar-refractivity contribution in [2.45, 2.75) is 0 Å². The Balaban J connectivity index is 1.14. The summed E-state index contributed by atoms with van der Waals surface area (Å²) in [4.78, 5) is 8.94. The van der Waals surface area contributed by atoms with Gasteiger partial charge in [0.1, 0.15) is 0 Å². The molecule has 0 atom stereocenters. The molecule has 0 N–H and O–H groups in total. The Morgan fingerprint density at radius 1 is 0.417 bits per heavy atom. The van der Waals surface area contributed by atoms with E-state index in [1.807, 2.05) is 84.9 Å². The molecule has 170 valence electrons. The van der Waals surface area contributed by atoms with E-state index in [9.17, 15) is 0 Å². The first kappa shape index (κ1) is 20.2. The first-order valence-corrected chi connectivity index (χ1v) is 11.3. The van der Waals surface area contributed by atoms with Crippen molar-refractivity contribution in [3.05, 3.63) is 97.3 Å². The fraction of sp³-hybridized carbons (Fsp3) is 0. The molecule has 4 heterocycles. The summed E-state index contributed by atoms with van der Waals surface area (Å²) in [6.07, 6.45) is 3.47. The lowest BCUT2D eigenvalue weighted by molar-refractivity contribution is 0.582. The van der Waals surface area contributed by atoms with Crippen LogP contribution in [0.5, 0.6) is 0 Å². The van der Waals surface area contributed by atoms with Gasteiger partial charge in [-0.1, -0.05) is 36.4 Å². The fourth-order valence-corrected chi connectivity index (χ4v) is 4.04. The SMILES string of the molecule is c1ccc2ncc(-c3nnc(-c4ccc(-c5nnc(-c6cnc7ccccc7c6)o5)cc4)o3)cc2c1. The van der Waals surface area contributed by atoms with Crippen molar-refractivity contribution in [1.29, 1.82) is 0 Å². The minimum Gasteiger partial charge on any atom is -0.416 e. The second-order valence-electron chi connectivity index (χ2n) is 8.24. The number of para-hydroxylation sites is 2. The Morgan fingerprint density at radius 3 is 1.25 bits per heavy atom. The van der Waals surface area contributed by atoms with Crippen LogP contribution in [0.25, 0.3) is 67.6 Å². The number of aromatic nitrogens is 6. The predicted molar refractivity (Wildman–Crippen MR) is 134 cm³/mol. The van der Waals surface area contributed by atoms with Gasteiger partial charge in [-0.15, -0.1) is 20.4 Å². The molecule has 0 unspecified atom stereocenters. The van der Waals surface area contributed by atoms with Gasteiger partial charge in [-0.2, -0.15) is 0 Å². The van der Waals surface area contributed by atoms with Crippen molar-refractivity contribution >= 4 is 21.8 Å². The smallest absolute Gasteiger partial charge is 0.249 e. The maximum atomic E-state index is 5.93. The zero-order valence-electron chi connectivity index (χ0n) is 18.7. The van der Waals surface area contributed by atoms with Crippen LogP contribution in [-0.4, -0.2) is 30.4 Å². The van der Waals surface area contributed by atoms with Crippen molar-refractivity contribution in [2.75, 3.05) is 0 Å². The molecule has 0 aliphatic heterocycles. The number of rotatable bonds is 4. The van der Waals surface area contributed by atoms with Gasteiger partial charge in [0.25, 0.3) is 0 Å². The van der Waals surface area contributed by atoms with E-state index in [4.69, 9.17) is 8.83 Å². The van der Waals surface area contributed by atoms with E-state index in [1.165, 1.54) is 0 Å². The van der Waals surface area contributed by atoms with Gasteiger partial charge in [0, 0.05) is 34.3 Å². The molecule has 0 fully saturated rings. The Bertz CT molecular complexity index is 1720. The number of benzene rings is 3. The normalized spacial score (nSPS) is 11.3. The van der Waals surface area contributed by atoms with Gasteiger partial charge < -0.3 is 8.83 Å². The van der Waals surface area contributed by atoms with Crippen molar-refractivity contribution in [3.63, 3.8) is 0 Å². The van der Waals surface area contributed by atoms with E-state index in [-0.39, 0.29) is 0 Å². The summed E-state index contributed by atoms with van der Waals surface area (Å²) in [5.41, 5.74) is 4.93. The number of pyridine rings is 2. The molecule has 0 aliphatic rings. The maximum absolute atomic E-state index is 5.93. The Hall–Kier alpha value is -5.24. The molecule has 0 spiro atoms. The van der Waals surface area contributed by atoms with Gasteiger partial charge in [0.2, 0.25) is 23.6 Å². The molecule has 0 aliphatic carbocycles. The minimum absolute atomic E-state index is 0.415. The largest absolute Gasteiger partial charge is 0.416 e. The zero-order valence-corrected chi connectivity index (χ0v) is 18.7. The van der Waals surface area contributed by atoms with Crippen LogP contribution in [0, 0.1) is 0 Å². The molecule has 0 amide bonds. The van der Waals surface area contributed by atoms with E-state index in [1.54, 1.807) is 12.4 Å². The highest BCUT2D eigenvalue weighted by molar-refractivity contribution is 5.83. The third-order valence-electron chi connectivity index (χ3n) is 5.90. The highest BCUT2D eigenvalue weighted by atomic mass is 16.4. The van der Waals surface area contributed by atoms with Crippen LogP contribution in [0.15, 0.2) is 106 Å². The quantitative estimate of drug-likeness (QED) is 0.300. The summed E-state index contributed by atoms with van der Waals surface area (Å²) >= 11 is 0. The summed E-state index contributed by atoms with van der Waals surface area (Å²) in [5, 5.41) is 18.9. The highest BCUT2D eigenvalue weighted by Gasteiger charge is 2.14. The van der Waals surface area contributed by atoms with E-state index in [2.05, 4.69) is 30.4 Å². The highest BCUT2D eigenvalue weighted by Crippen LogP contribution is 2.29. The van der Waals surface area contributed by atoms with Crippen LogP contribution in [0.4, 0.5) is 0 Å². The van der Waals surface area contributed by atoms with Gasteiger partial charge in [-0.05, 0) is 48.5 Å². The summed E-state index contributed by atoms with van der Waals surface area (Å²) in [7, 11) is 0. The summed E-state index contributed by atoms with van der Waals surface area (Å²) in [6.45, 7) is 0. The van der Waals surface area contributed by atoms with Gasteiger partial charge in [-0.3, -0.25) is 9.97 Å². The molecule has 7 aromatic rings. The van der Waals surface area contributed by atoms with Gasteiger partial charge in [0.05, 0.1) is 22.2 Å². The van der Waals surface area contributed by atoms with Crippen LogP contribution >= 0.6 is 0 Å². The van der Waals surface area contributed by atoms with E-state index >= 15 is 0 Å². The van der Waals surface area contributed by atoms with E-state index in [0.29, 0.717) is 23.6 Å². The molecular weight excluding hydrogens is 452 g/mol. The third kappa shape index (κ3) is 3.57. The standard InChI is InChI=1S/C28H16N6O2/c1-3-7-23-19(5-1)13-21(15-29-23)27-33-31-25(35-27)17-9-11-18(12-10-17)26-32-34-28(36-26)22-14-20-6-2-4-8-24(20)30-16-22/h1-16H. The second-order valence-corrected chi connectivity index (χ2v) is 8.24. The van der Waals surface area contributed by atoms with Crippen LogP contribution in [0.2, 0.25) is 0 Å². The van der Waals surface area contributed by atoms with E-state index in [0.717, 1.165) is 44.1 Å². The first-order valence-electron chi connectivity index (χ1n) is 11.3. The average Bonchev–Trinajstić information content (AvgIpc) is 3.64. The summed E-state index contributed by atoms with van der Waals surface area (Å²) in [6, 6.07) is 27.3. The molecule has 36 heavy (non-hydrogen) atoms. The van der Waals surface area contributed by atoms with Crippen LogP contribution in [-0.2, 0) is 0 Å². The van der Waals surface area contributed by atoms with Gasteiger partial charge in [0.15, 0.2) is 0 Å². The number of nitrogens with zero attached hydrogens (tertiary/aromatic N) is 6. The number of fused-ring (bicyclic) bond motifs is 2. The molecule has 8 nitrogen and oxygen atoms in total.